The first-order chi connectivity index (χ1) is 13.5. The van der Waals surface area contributed by atoms with Crippen LogP contribution in [0.5, 0.6) is 0 Å². The van der Waals surface area contributed by atoms with Gasteiger partial charge < -0.3 is 4.90 Å². The highest BCUT2D eigenvalue weighted by Gasteiger charge is 2.30. The molecule has 0 fully saturated rings. The molecule has 156 valence electrons. The first kappa shape index (κ1) is 21.3. The van der Waals surface area contributed by atoms with Crippen molar-refractivity contribution in [3.8, 4) is 0 Å². The molecule has 0 bridgehead atoms. The lowest BCUT2D eigenvalue weighted by Crippen LogP contribution is -2.34. The fraction of sp³-hybridized carbons (Fsp3) is 0.350. The third kappa shape index (κ3) is 4.45. The second-order valence-electron chi connectivity index (χ2n) is 7.02. The first-order valence-corrected chi connectivity index (χ1v) is 10.5. The minimum Gasteiger partial charge on any atom is -0.312 e. The van der Waals surface area contributed by atoms with E-state index >= 15 is 0 Å². The fourth-order valence-electron chi connectivity index (χ4n) is 3.38. The molecule has 1 aliphatic heterocycles. The van der Waals surface area contributed by atoms with Crippen LogP contribution in [0, 0.1) is 0 Å². The summed E-state index contributed by atoms with van der Waals surface area (Å²) < 4.78 is 65.0. The summed E-state index contributed by atoms with van der Waals surface area (Å²) in [4.78, 5) is 13.5. The molecule has 1 heterocycles. The van der Waals surface area contributed by atoms with Gasteiger partial charge in [0.15, 0.2) is 0 Å². The second-order valence-corrected chi connectivity index (χ2v) is 9.07. The molecular weight excluding hydrogens is 405 g/mol. The molecular formula is C20H21F3N2O3S. The van der Waals surface area contributed by atoms with Crippen LogP contribution >= 0.6 is 0 Å². The van der Waals surface area contributed by atoms with Crippen molar-refractivity contribution < 1.29 is 26.4 Å². The van der Waals surface area contributed by atoms with Crippen molar-refractivity contribution in [2.24, 2.45) is 0 Å². The lowest BCUT2D eigenvalue weighted by molar-refractivity contribution is -0.137. The summed E-state index contributed by atoms with van der Waals surface area (Å²) in [7, 11) is -2.46. The Morgan fingerprint density at radius 2 is 1.79 bits per heavy atom. The zero-order valence-corrected chi connectivity index (χ0v) is 16.8. The van der Waals surface area contributed by atoms with Crippen molar-refractivity contribution in [3.63, 3.8) is 0 Å². The SMILES string of the molecule is CC(=O)N1CCCc2cc(S(=O)(=O)N(C)Cc3ccc(C(F)(F)F)cc3)ccc21. The number of aryl methyl sites for hydroxylation is 1. The number of carbonyl (C=O) groups is 1. The van der Waals surface area contributed by atoms with Gasteiger partial charge in [-0.15, -0.1) is 0 Å². The van der Waals surface area contributed by atoms with Crippen LogP contribution in [0.2, 0.25) is 0 Å². The molecule has 0 N–H and O–H groups in total. The van der Waals surface area contributed by atoms with Crippen LogP contribution in [0.1, 0.15) is 30.0 Å². The van der Waals surface area contributed by atoms with E-state index in [9.17, 15) is 26.4 Å². The zero-order chi connectivity index (χ0) is 21.4. The predicted octanol–water partition coefficient (Wildman–Crippen LogP) is 3.83. The molecule has 0 aliphatic carbocycles. The van der Waals surface area contributed by atoms with E-state index in [0.29, 0.717) is 24.2 Å². The third-order valence-corrected chi connectivity index (χ3v) is 6.74. The largest absolute Gasteiger partial charge is 0.416 e. The molecule has 0 radical (unpaired) electrons. The van der Waals surface area contributed by atoms with Crippen LogP contribution < -0.4 is 4.90 Å². The monoisotopic (exact) mass is 426 g/mol. The number of rotatable bonds is 4. The molecule has 1 amide bonds. The normalized spacial score (nSPS) is 14.8. The Hall–Kier alpha value is -2.39. The summed E-state index contributed by atoms with van der Waals surface area (Å²) in [5.41, 5.74) is 1.17. The minimum atomic E-state index is -4.44. The molecule has 1 aliphatic rings. The molecule has 2 aromatic carbocycles. The van der Waals surface area contributed by atoms with Crippen LogP contribution in [0.3, 0.4) is 0 Å². The van der Waals surface area contributed by atoms with E-state index in [1.165, 1.54) is 32.2 Å². The average molecular weight is 426 g/mol. The lowest BCUT2D eigenvalue weighted by atomic mass is 10.0. The number of anilines is 1. The number of halogens is 3. The maximum atomic E-state index is 12.9. The molecule has 9 heteroatoms. The highest BCUT2D eigenvalue weighted by molar-refractivity contribution is 7.89. The molecule has 0 saturated carbocycles. The summed E-state index contributed by atoms with van der Waals surface area (Å²) in [5, 5.41) is 0. The van der Waals surface area contributed by atoms with Gasteiger partial charge in [-0.05, 0) is 54.3 Å². The quantitative estimate of drug-likeness (QED) is 0.747. The van der Waals surface area contributed by atoms with Gasteiger partial charge in [0.2, 0.25) is 15.9 Å². The summed E-state index contributed by atoms with van der Waals surface area (Å²) in [5.74, 6) is -0.0963. The van der Waals surface area contributed by atoms with Gasteiger partial charge in [0, 0.05) is 32.7 Å². The highest BCUT2D eigenvalue weighted by atomic mass is 32.2. The maximum Gasteiger partial charge on any atom is 0.416 e. The van der Waals surface area contributed by atoms with Crippen LogP contribution in [0.25, 0.3) is 0 Å². The first-order valence-electron chi connectivity index (χ1n) is 9.03. The van der Waals surface area contributed by atoms with Gasteiger partial charge in [0.25, 0.3) is 0 Å². The number of hydrogen-bond acceptors (Lipinski definition) is 3. The lowest BCUT2D eigenvalue weighted by Gasteiger charge is -2.29. The van der Waals surface area contributed by atoms with E-state index < -0.39 is 21.8 Å². The number of benzene rings is 2. The topological polar surface area (TPSA) is 57.7 Å². The zero-order valence-electron chi connectivity index (χ0n) is 16.0. The fourth-order valence-corrected chi connectivity index (χ4v) is 4.59. The molecule has 0 saturated heterocycles. The van der Waals surface area contributed by atoms with E-state index in [2.05, 4.69) is 0 Å². The maximum absolute atomic E-state index is 12.9. The highest BCUT2D eigenvalue weighted by Crippen LogP contribution is 2.31. The second kappa shape index (κ2) is 7.79. The summed E-state index contributed by atoms with van der Waals surface area (Å²) in [6.07, 6.45) is -3.02. The van der Waals surface area contributed by atoms with Gasteiger partial charge >= 0.3 is 6.18 Å². The predicted molar refractivity (Wildman–Crippen MR) is 103 cm³/mol. The van der Waals surface area contributed by atoms with Crippen molar-refractivity contribution in [3.05, 3.63) is 59.2 Å². The van der Waals surface area contributed by atoms with Gasteiger partial charge in [0.1, 0.15) is 0 Å². The Bertz CT molecular complexity index is 1020. The van der Waals surface area contributed by atoms with Crippen LogP contribution in [-0.4, -0.2) is 32.2 Å². The minimum absolute atomic E-state index is 0.0584. The Kier molecular flexibility index (Phi) is 5.73. The Balaban J connectivity index is 1.82. The van der Waals surface area contributed by atoms with Crippen molar-refractivity contribution >= 4 is 21.6 Å². The standard InChI is InChI=1S/C20H21F3N2O3S/c1-14(26)25-11-3-4-16-12-18(9-10-19(16)25)29(27,28)24(2)13-15-5-7-17(8-6-15)20(21,22)23/h5-10,12H,3-4,11,13H2,1-2H3. The van der Waals surface area contributed by atoms with E-state index in [-0.39, 0.29) is 17.3 Å². The molecule has 0 spiro atoms. The number of fused-ring (bicyclic) bond motifs is 1. The summed E-state index contributed by atoms with van der Waals surface area (Å²) in [6.45, 7) is 2.01. The van der Waals surface area contributed by atoms with Crippen LogP contribution in [0.4, 0.5) is 18.9 Å². The number of alkyl halides is 3. The number of nitrogens with zero attached hydrogens (tertiary/aromatic N) is 2. The van der Waals surface area contributed by atoms with Crippen LogP contribution in [-0.2, 0) is 34.0 Å². The van der Waals surface area contributed by atoms with Crippen molar-refractivity contribution in [2.45, 2.75) is 37.4 Å². The Morgan fingerprint density at radius 1 is 1.14 bits per heavy atom. The van der Waals surface area contributed by atoms with Crippen molar-refractivity contribution in [1.29, 1.82) is 0 Å². The number of sulfonamides is 1. The molecule has 0 atom stereocenters. The number of carbonyl (C=O) groups excluding carboxylic acids is 1. The van der Waals surface area contributed by atoms with E-state index in [0.717, 1.165) is 28.4 Å². The van der Waals surface area contributed by atoms with Gasteiger partial charge in [-0.25, -0.2) is 8.42 Å². The Morgan fingerprint density at radius 3 is 2.38 bits per heavy atom. The van der Waals surface area contributed by atoms with Crippen LogP contribution in [0.15, 0.2) is 47.4 Å². The van der Waals surface area contributed by atoms with Gasteiger partial charge in [-0.1, -0.05) is 12.1 Å². The van der Waals surface area contributed by atoms with E-state index in [4.69, 9.17) is 0 Å². The molecule has 3 rings (SSSR count). The van der Waals surface area contributed by atoms with Crippen molar-refractivity contribution in [2.75, 3.05) is 18.5 Å². The Labute approximate surface area is 167 Å². The smallest absolute Gasteiger partial charge is 0.312 e. The molecule has 0 aromatic heterocycles. The van der Waals surface area contributed by atoms with E-state index in [1.807, 2.05) is 0 Å². The number of amides is 1. The molecule has 29 heavy (non-hydrogen) atoms. The van der Waals surface area contributed by atoms with Crippen molar-refractivity contribution in [1.82, 2.24) is 4.31 Å². The number of hydrogen-bond donors (Lipinski definition) is 0. The summed E-state index contributed by atoms with van der Waals surface area (Å²) in [6, 6.07) is 9.07. The third-order valence-electron chi connectivity index (χ3n) is 4.94. The molecule has 5 nitrogen and oxygen atoms in total. The van der Waals surface area contributed by atoms with Gasteiger partial charge in [-0.3, -0.25) is 4.79 Å². The summed E-state index contributed by atoms with van der Waals surface area (Å²) >= 11 is 0. The molecule has 2 aromatic rings. The van der Waals surface area contributed by atoms with Gasteiger partial charge in [0.05, 0.1) is 10.5 Å². The van der Waals surface area contributed by atoms with E-state index in [1.54, 1.807) is 17.0 Å². The molecule has 0 unspecified atom stereocenters. The average Bonchev–Trinajstić information content (AvgIpc) is 2.66. The van der Waals surface area contributed by atoms with Gasteiger partial charge in [-0.2, -0.15) is 17.5 Å².